The Morgan fingerprint density at radius 3 is 2.82 bits per heavy atom. The predicted octanol–water partition coefficient (Wildman–Crippen LogP) is 3.84. The number of anilines is 1. The molecule has 0 N–H and O–H groups in total. The molecule has 2 amide bonds. The van der Waals surface area contributed by atoms with E-state index in [1.165, 1.54) is 4.90 Å². The van der Waals surface area contributed by atoms with Crippen molar-refractivity contribution in [2.45, 2.75) is 39.2 Å². The lowest BCUT2D eigenvalue weighted by molar-refractivity contribution is -0.128. The normalized spacial score (nSPS) is 21.2. The van der Waals surface area contributed by atoms with Crippen LogP contribution in [0.15, 0.2) is 34.3 Å². The van der Waals surface area contributed by atoms with Crippen LogP contribution in [0.5, 0.6) is 5.75 Å². The summed E-state index contributed by atoms with van der Waals surface area (Å²) in [7, 11) is 0. The van der Waals surface area contributed by atoms with E-state index < -0.39 is 0 Å². The van der Waals surface area contributed by atoms with E-state index in [1.54, 1.807) is 12.1 Å². The molecule has 0 saturated heterocycles. The molecule has 0 radical (unpaired) electrons. The molecule has 0 fully saturated rings. The maximum Gasteiger partial charge on any atom is 0.260 e. The van der Waals surface area contributed by atoms with Crippen molar-refractivity contribution in [2.75, 3.05) is 4.90 Å². The zero-order valence-corrected chi connectivity index (χ0v) is 14.2. The number of carbonyl (C=O) groups is 2. The molecule has 1 aromatic rings. The molecule has 1 unspecified atom stereocenters. The minimum Gasteiger partial charge on any atom is -0.490 e. The Hall–Kier alpha value is -1.62. The topological polar surface area (TPSA) is 46.6 Å². The first-order chi connectivity index (χ1) is 10.5. The maximum atomic E-state index is 12.6. The van der Waals surface area contributed by atoms with Gasteiger partial charge in [0.05, 0.1) is 22.2 Å². The van der Waals surface area contributed by atoms with Crippen LogP contribution in [0.1, 0.15) is 33.1 Å². The Morgan fingerprint density at radius 1 is 1.32 bits per heavy atom. The first kappa shape index (κ1) is 15.3. The first-order valence-electron chi connectivity index (χ1n) is 7.52. The molecule has 1 aliphatic carbocycles. The van der Waals surface area contributed by atoms with Crippen molar-refractivity contribution in [3.8, 4) is 5.75 Å². The summed E-state index contributed by atoms with van der Waals surface area (Å²) in [4.78, 5) is 26.4. The summed E-state index contributed by atoms with van der Waals surface area (Å²) in [5.41, 5.74) is 1.33. The molecule has 0 saturated carbocycles. The van der Waals surface area contributed by atoms with Gasteiger partial charge in [-0.3, -0.25) is 9.59 Å². The lowest BCUT2D eigenvalue weighted by Gasteiger charge is -2.33. The summed E-state index contributed by atoms with van der Waals surface area (Å²) in [5.74, 6) is 0.141. The van der Waals surface area contributed by atoms with Gasteiger partial charge in [0.1, 0.15) is 5.75 Å². The number of fused-ring (bicyclic) bond motifs is 1. The van der Waals surface area contributed by atoms with Crippen LogP contribution in [0.4, 0.5) is 5.69 Å². The van der Waals surface area contributed by atoms with Gasteiger partial charge in [-0.05, 0) is 61.2 Å². The van der Waals surface area contributed by atoms with Gasteiger partial charge >= 0.3 is 0 Å². The zero-order valence-electron chi connectivity index (χ0n) is 12.6. The van der Waals surface area contributed by atoms with Gasteiger partial charge in [0.2, 0.25) is 5.91 Å². The van der Waals surface area contributed by atoms with Crippen LogP contribution < -0.4 is 9.64 Å². The minimum atomic E-state index is -0.196. The van der Waals surface area contributed by atoms with E-state index in [1.807, 2.05) is 26.0 Å². The molecule has 5 heteroatoms. The zero-order chi connectivity index (χ0) is 15.9. The van der Waals surface area contributed by atoms with E-state index in [0.717, 1.165) is 29.3 Å². The van der Waals surface area contributed by atoms with Crippen LogP contribution in [0.3, 0.4) is 0 Å². The monoisotopic (exact) mass is 363 g/mol. The third kappa shape index (κ3) is 2.70. The molecule has 4 nitrogen and oxygen atoms in total. The number of hydrogen-bond acceptors (Lipinski definition) is 3. The van der Waals surface area contributed by atoms with Gasteiger partial charge in [-0.2, -0.15) is 0 Å². The van der Waals surface area contributed by atoms with Crippen LogP contribution in [0.2, 0.25) is 0 Å². The van der Waals surface area contributed by atoms with Crippen molar-refractivity contribution >= 4 is 33.4 Å². The fourth-order valence-corrected chi connectivity index (χ4v) is 3.26. The van der Waals surface area contributed by atoms with Crippen LogP contribution in [0, 0.1) is 5.92 Å². The van der Waals surface area contributed by atoms with Crippen molar-refractivity contribution < 1.29 is 14.3 Å². The van der Waals surface area contributed by atoms with Crippen LogP contribution >= 0.6 is 15.9 Å². The number of imide groups is 1. The number of benzene rings is 1. The largest absolute Gasteiger partial charge is 0.490 e. The number of nitrogens with zero attached hydrogens (tertiary/aromatic N) is 1. The van der Waals surface area contributed by atoms with E-state index in [2.05, 4.69) is 15.9 Å². The molecular formula is C17H18BrNO3. The standard InChI is InChI=1S/C17H18BrNO3/c1-10(2)22-15-9-13(6-7-14(15)18)19-16(20)11-4-3-5-12(8-11)17(19)21/h6-11H,3-5H2,1-2H3. The lowest BCUT2D eigenvalue weighted by atomic mass is 9.85. The highest BCUT2D eigenvalue weighted by molar-refractivity contribution is 9.10. The highest BCUT2D eigenvalue weighted by Crippen LogP contribution is 2.36. The number of ether oxygens (including phenoxy) is 1. The van der Waals surface area contributed by atoms with E-state index in [9.17, 15) is 9.59 Å². The van der Waals surface area contributed by atoms with Gasteiger partial charge in [-0.1, -0.05) is 6.08 Å². The number of carbonyl (C=O) groups excluding carboxylic acids is 2. The van der Waals surface area contributed by atoms with Crippen molar-refractivity contribution in [3.63, 3.8) is 0 Å². The molecule has 1 aromatic carbocycles. The molecule has 0 spiro atoms. The van der Waals surface area contributed by atoms with E-state index in [-0.39, 0.29) is 23.8 Å². The SMILES string of the molecule is CC(C)Oc1cc(N2C(=O)C3=CC(CCC3)C2=O)ccc1Br. The molecule has 3 rings (SSSR count). The fraction of sp³-hybridized carbons (Fsp3) is 0.412. The Bertz CT molecular complexity index is 666. The maximum absolute atomic E-state index is 12.6. The Labute approximate surface area is 138 Å². The van der Waals surface area contributed by atoms with Crippen molar-refractivity contribution in [1.82, 2.24) is 0 Å². The molecule has 2 bridgehead atoms. The van der Waals surface area contributed by atoms with Crippen molar-refractivity contribution in [2.24, 2.45) is 5.92 Å². The number of halogens is 1. The first-order valence-corrected chi connectivity index (χ1v) is 8.32. The summed E-state index contributed by atoms with van der Waals surface area (Å²) in [6.07, 6.45) is 4.34. The van der Waals surface area contributed by atoms with Crippen LogP contribution in [-0.4, -0.2) is 17.9 Å². The van der Waals surface area contributed by atoms with Gasteiger partial charge in [0.25, 0.3) is 5.91 Å². The van der Waals surface area contributed by atoms with Crippen molar-refractivity contribution in [1.29, 1.82) is 0 Å². The predicted molar refractivity (Wildman–Crippen MR) is 87.8 cm³/mol. The summed E-state index contributed by atoms with van der Waals surface area (Å²) in [5, 5.41) is 0. The molecule has 1 heterocycles. The highest BCUT2D eigenvalue weighted by atomic mass is 79.9. The van der Waals surface area contributed by atoms with Gasteiger partial charge < -0.3 is 4.74 Å². The molecular weight excluding hydrogens is 346 g/mol. The minimum absolute atomic E-state index is 0.0152. The molecule has 1 atom stereocenters. The van der Waals surface area contributed by atoms with Gasteiger partial charge in [-0.15, -0.1) is 0 Å². The van der Waals surface area contributed by atoms with Crippen molar-refractivity contribution in [3.05, 3.63) is 34.3 Å². The molecule has 22 heavy (non-hydrogen) atoms. The van der Waals surface area contributed by atoms with Gasteiger partial charge in [0, 0.05) is 11.6 Å². The molecule has 116 valence electrons. The number of rotatable bonds is 3. The van der Waals surface area contributed by atoms with E-state index in [0.29, 0.717) is 11.4 Å². The van der Waals surface area contributed by atoms with E-state index in [4.69, 9.17) is 4.74 Å². The molecule has 2 aliphatic rings. The second-order valence-electron chi connectivity index (χ2n) is 5.95. The summed E-state index contributed by atoms with van der Waals surface area (Å²) in [6.45, 7) is 3.87. The Balaban J connectivity index is 1.98. The number of hydrogen-bond donors (Lipinski definition) is 0. The summed E-state index contributed by atoms with van der Waals surface area (Å²) < 4.78 is 6.54. The summed E-state index contributed by atoms with van der Waals surface area (Å²) in [6, 6.07) is 5.34. The van der Waals surface area contributed by atoms with Crippen LogP contribution in [-0.2, 0) is 9.59 Å². The third-order valence-electron chi connectivity index (χ3n) is 3.91. The second-order valence-corrected chi connectivity index (χ2v) is 6.81. The number of amides is 2. The Kier molecular flexibility index (Phi) is 4.08. The molecule has 0 aromatic heterocycles. The highest BCUT2D eigenvalue weighted by Gasteiger charge is 2.38. The second kappa shape index (κ2) is 5.88. The average Bonchev–Trinajstić information content (AvgIpc) is 2.49. The fourth-order valence-electron chi connectivity index (χ4n) is 2.92. The van der Waals surface area contributed by atoms with E-state index >= 15 is 0 Å². The average molecular weight is 364 g/mol. The van der Waals surface area contributed by atoms with Gasteiger partial charge in [-0.25, -0.2) is 4.90 Å². The van der Waals surface area contributed by atoms with Gasteiger partial charge in [0.15, 0.2) is 0 Å². The third-order valence-corrected chi connectivity index (χ3v) is 4.57. The Morgan fingerprint density at radius 2 is 2.09 bits per heavy atom. The summed E-state index contributed by atoms with van der Waals surface area (Å²) >= 11 is 3.44. The smallest absolute Gasteiger partial charge is 0.260 e. The molecule has 1 aliphatic heterocycles. The quantitative estimate of drug-likeness (QED) is 0.766. The lowest BCUT2D eigenvalue weighted by Crippen LogP contribution is -2.46. The van der Waals surface area contributed by atoms with Crippen LogP contribution in [0.25, 0.3) is 0 Å².